The van der Waals surface area contributed by atoms with E-state index in [1.54, 1.807) is 6.07 Å². The maximum atomic E-state index is 11.7. The van der Waals surface area contributed by atoms with Crippen molar-refractivity contribution in [3.05, 3.63) is 27.9 Å². The normalized spacial score (nSPS) is 16.1. The summed E-state index contributed by atoms with van der Waals surface area (Å²) in [4.78, 5) is 20.4. The summed E-state index contributed by atoms with van der Waals surface area (Å²) in [6, 6.07) is 1.61. The van der Waals surface area contributed by atoms with Crippen LogP contribution in [0.3, 0.4) is 0 Å². The Morgan fingerprint density at radius 2 is 2.33 bits per heavy atom. The molecular formula is C10H12N4O. The zero-order valence-electron chi connectivity index (χ0n) is 8.53. The van der Waals surface area contributed by atoms with Gasteiger partial charge >= 0.3 is 0 Å². The molecule has 1 aliphatic carbocycles. The Hall–Kier alpha value is -1.65. The largest absolute Gasteiger partial charge is 0.275 e. The number of H-pyrrole nitrogens is 1. The van der Waals surface area contributed by atoms with Crippen LogP contribution in [0.4, 0.5) is 0 Å². The number of hydrogen-bond acceptors (Lipinski definition) is 3. The molecule has 0 amide bonds. The van der Waals surface area contributed by atoms with Crippen molar-refractivity contribution < 1.29 is 0 Å². The van der Waals surface area contributed by atoms with Gasteiger partial charge in [0.1, 0.15) is 5.82 Å². The van der Waals surface area contributed by atoms with Crippen molar-refractivity contribution in [2.24, 2.45) is 0 Å². The van der Waals surface area contributed by atoms with E-state index in [4.69, 9.17) is 0 Å². The first-order chi connectivity index (χ1) is 7.28. The van der Waals surface area contributed by atoms with Gasteiger partial charge < -0.3 is 0 Å². The average molecular weight is 204 g/mol. The highest BCUT2D eigenvalue weighted by Gasteiger charge is 2.26. The van der Waals surface area contributed by atoms with Crippen molar-refractivity contribution >= 4 is 5.78 Å². The fourth-order valence-electron chi connectivity index (χ4n) is 1.69. The van der Waals surface area contributed by atoms with Crippen molar-refractivity contribution in [2.45, 2.75) is 32.1 Å². The van der Waals surface area contributed by atoms with E-state index < -0.39 is 0 Å². The monoisotopic (exact) mass is 204 g/mol. The molecule has 15 heavy (non-hydrogen) atoms. The van der Waals surface area contributed by atoms with E-state index in [2.05, 4.69) is 15.1 Å². The number of nitrogens with zero attached hydrogens (tertiary/aromatic N) is 3. The van der Waals surface area contributed by atoms with Gasteiger partial charge in [0.15, 0.2) is 0 Å². The maximum Gasteiger partial charge on any atom is 0.274 e. The highest BCUT2D eigenvalue weighted by Crippen LogP contribution is 2.38. The van der Waals surface area contributed by atoms with Gasteiger partial charge in [-0.05, 0) is 12.8 Å². The topological polar surface area (TPSA) is 63.1 Å². The molecule has 5 heteroatoms. The highest BCUT2D eigenvalue weighted by molar-refractivity contribution is 5.30. The lowest BCUT2D eigenvalue weighted by molar-refractivity contribution is 0.841. The maximum absolute atomic E-state index is 11.7. The van der Waals surface area contributed by atoms with Crippen LogP contribution >= 0.6 is 0 Å². The van der Waals surface area contributed by atoms with E-state index in [-0.39, 0.29) is 5.56 Å². The molecule has 3 rings (SSSR count). The van der Waals surface area contributed by atoms with Gasteiger partial charge in [-0.1, -0.05) is 6.92 Å². The van der Waals surface area contributed by atoms with E-state index in [1.165, 1.54) is 4.52 Å². The molecule has 1 saturated carbocycles. The van der Waals surface area contributed by atoms with Gasteiger partial charge in [0.25, 0.3) is 11.3 Å². The Morgan fingerprint density at radius 1 is 1.53 bits per heavy atom. The van der Waals surface area contributed by atoms with Gasteiger partial charge in [-0.3, -0.25) is 9.89 Å². The summed E-state index contributed by atoms with van der Waals surface area (Å²) < 4.78 is 1.41. The summed E-state index contributed by atoms with van der Waals surface area (Å²) in [5.41, 5.74) is 0.836. The summed E-state index contributed by atoms with van der Waals surface area (Å²) >= 11 is 0. The number of aromatic nitrogens is 4. The fourth-order valence-corrected chi connectivity index (χ4v) is 1.69. The van der Waals surface area contributed by atoms with Crippen LogP contribution in [-0.2, 0) is 6.42 Å². The third-order valence-electron chi connectivity index (χ3n) is 2.73. The minimum absolute atomic E-state index is 0.0610. The summed E-state index contributed by atoms with van der Waals surface area (Å²) in [5, 5.41) is 2.93. The number of aromatic amines is 1. The van der Waals surface area contributed by atoms with Crippen molar-refractivity contribution in [3.63, 3.8) is 0 Å². The Kier molecular flexibility index (Phi) is 1.68. The van der Waals surface area contributed by atoms with E-state index in [1.807, 2.05) is 6.92 Å². The van der Waals surface area contributed by atoms with Crippen LogP contribution in [0.1, 0.15) is 37.2 Å². The van der Waals surface area contributed by atoms with Gasteiger partial charge in [0, 0.05) is 18.4 Å². The van der Waals surface area contributed by atoms with E-state index in [9.17, 15) is 4.79 Å². The molecule has 0 saturated heterocycles. The summed E-state index contributed by atoms with van der Waals surface area (Å²) in [5.74, 6) is 1.79. The average Bonchev–Trinajstić information content (AvgIpc) is 2.98. The predicted octanol–water partition coefficient (Wildman–Crippen LogP) is 0.857. The quantitative estimate of drug-likeness (QED) is 0.789. The third-order valence-corrected chi connectivity index (χ3v) is 2.73. The summed E-state index contributed by atoms with van der Waals surface area (Å²) in [6.07, 6.45) is 3.07. The molecular weight excluding hydrogens is 192 g/mol. The van der Waals surface area contributed by atoms with E-state index in [0.29, 0.717) is 11.7 Å². The van der Waals surface area contributed by atoms with Crippen molar-refractivity contribution in [2.75, 3.05) is 0 Å². The fraction of sp³-hybridized carbons (Fsp3) is 0.500. The number of hydrogen-bond donors (Lipinski definition) is 1. The highest BCUT2D eigenvalue weighted by atomic mass is 16.1. The van der Waals surface area contributed by atoms with Crippen LogP contribution in [0, 0.1) is 0 Å². The summed E-state index contributed by atoms with van der Waals surface area (Å²) in [7, 11) is 0. The lowest BCUT2D eigenvalue weighted by Crippen LogP contribution is -2.15. The molecule has 5 nitrogen and oxygen atoms in total. The Bertz CT molecular complexity index is 564. The molecule has 1 N–H and O–H groups in total. The number of fused-ring (bicyclic) bond motifs is 1. The van der Waals surface area contributed by atoms with Gasteiger partial charge in [-0.2, -0.15) is 9.50 Å². The number of nitrogens with one attached hydrogen (secondary N) is 1. The van der Waals surface area contributed by atoms with Crippen LogP contribution in [0.15, 0.2) is 10.9 Å². The van der Waals surface area contributed by atoms with Crippen LogP contribution in [0.5, 0.6) is 0 Å². The molecule has 0 unspecified atom stereocenters. The van der Waals surface area contributed by atoms with Gasteiger partial charge in [0.2, 0.25) is 0 Å². The molecule has 0 spiro atoms. The van der Waals surface area contributed by atoms with Crippen LogP contribution < -0.4 is 5.56 Å². The molecule has 2 heterocycles. The van der Waals surface area contributed by atoms with Crippen LogP contribution in [0.25, 0.3) is 5.78 Å². The molecule has 0 aliphatic heterocycles. The lowest BCUT2D eigenvalue weighted by Gasteiger charge is -1.95. The SMILES string of the molecule is CCc1nc2nc(C3CC3)cc(=O)n2[nH]1. The van der Waals surface area contributed by atoms with Crippen molar-refractivity contribution in [1.82, 2.24) is 19.6 Å². The second-order valence-electron chi connectivity index (χ2n) is 3.95. The molecule has 1 fully saturated rings. The smallest absolute Gasteiger partial charge is 0.274 e. The zero-order valence-corrected chi connectivity index (χ0v) is 8.53. The van der Waals surface area contributed by atoms with Gasteiger partial charge in [0.05, 0.1) is 5.69 Å². The van der Waals surface area contributed by atoms with Crippen molar-refractivity contribution in [1.29, 1.82) is 0 Å². The summed E-state index contributed by atoms with van der Waals surface area (Å²) in [6.45, 7) is 1.99. The molecule has 2 aromatic heterocycles. The third kappa shape index (κ3) is 1.35. The minimum atomic E-state index is -0.0610. The second-order valence-corrected chi connectivity index (χ2v) is 3.95. The van der Waals surface area contributed by atoms with E-state index >= 15 is 0 Å². The molecule has 0 bridgehead atoms. The molecule has 0 atom stereocenters. The molecule has 78 valence electrons. The Labute approximate surface area is 86.2 Å². The Balaban J connectivity index is 2.24. The Morgan fingerprint density at radius 3 is 3.00 bits per heavy atom. The first-order valence-electron chi connectivity index (χ1n) is 5.26. The first-order valence-corrected chi connectivity index (χ1v) is 5.26. The van der Waals surface area contributed by atoms with Crippen LogP contribution in [0.2, 0.25) is 0 Å². The number of aryl methyl sites for hydroxylation is 1. The van der Waals surface area contributed by atoms with Crippen LogP contribution in [-0.4, -0.2) is 19.6 Å². The standard InChI is InChI=1S/C10H12N4O/c1-2-8-12-10-11-7(6-3-4-6)5-9(15)14(10)13-8/h5-6H,2-4H2,1H3,(H,11,12,13). The minimum Gasteiger partial charge on any atom is -0.275 e. The molecule has 0 aromatic carbocycles. The number of rotatable bonds is 2. The van der Waals surface area contributed by atoms with Crippen molar-refractivity contribution in [3.8, 4) is 0 Å². The predicted molar refractivity (Wildman–Crippen MR) is 55.0 cm³/mol. The second kappa shape index (κ2) is 2.92. The molecule has 1 aliphatic rings. The van der Waals surface area contributed by atoms with Gasteiger partial charge in [-0.15, -0.1) is 0 Å². The molecule has 0 radical (unpaired) electrons. The van der Waals surface area contributed by atoms with E-state index in [0.717, 1.165) is 30.8 Å². The molecule has 2 aromatic rings. The van der Waals surface area contributed by atoms with Gasteiger partial charge in [-0.25, -0.2) is 4.98 Å². The first kappa shape index (κ1) is 8.64. The lowest BCUT2D eigenvalue weighted by atomic mass is 10.3. The zero-order chi connectivity index (χ0) is 10.4.